The van der Waals surface area contributed by atoms with Crippen LogP contribution in [0.15, 0.2) is 24.3 Å². The molecular weight excluding hydrogens is 172 g/mol. The van der Waals surface area contributed by atoms with Crippen molar-refractivity contribution >= 4 is 12.4 Å². The molecule has 1 atom stereocenters. The summed E-state index contributed by atoms with van der Waals surface area (Å²) >= 11 is 0. The van der Waals surface area contributed by atoms with Gasteiger partial charge in [0.05, 0.1) is 6.07 Å². The fourth-order valence-corrected chi connectivity index (χ4v) is 1.01. The van der Waals surface area contributed by atoms with Crippen LogP contribution in [0.3, 0.4) is 0 Å². The average molecular weight is 183 g/mol. The Morgan fingerprint density at radius 3 is 2.50 bits per heavy atom. The van der Waals surface area contributed by atoms with Crippen LogP contribution in [0.4, 0.5) is 0 Å². The maximum atomic E-state index is 8.54. The van der Waals surface area contributed by atoms with Gasteiger partial charge in [0.1, 0.15) is 6.04 Å². The maximum Gasteiger partial charge on any atom is 0.119 e. The Bertz CT molecular complexity index is 291. The van der Waals surface area contributed by atoms with Crippen LogP contribution < -0.4 is 5.73 Å². The highest BCUT2D eigenvalue weighted by molar-refractivity contribution is 5.85. The van der Waals surface area contributed by atoms with Crippen molar-refractivity contribution in [2.75, 3.05) is 0 Å². The van der Waals surface area contributed by atoms with Crippen LogP contribution in [-0.4, -0.2) is 0 Å². The number of rotatable bonds is 1. The summed E-state index contributed by atoms with van der Waals surface area (Å²) in [5.74, 6) is 0. The Hall–Kier alpha value is -1.04. The predicted molar refractivity (Wildman–Crippen MR) is 51.0 cm³/mol. The van der Waals surface area contributed by atoms with Crippen molar-refractivity contribution in [3.63, 3.8) is 0 Å². The van der Waals surface area contributed by atoms with Crippen molar-refractivity contribution in [2.45, 2.75) is 13.0 Å². The fourth-order valence-electron chi connectivity index (χ4n) is 1.01. The average Bonchev–Trinajstić information content (AvgIpc) is 2.04. The number of nitriles is 1. The van der Waals surface area contributed by atoms with E-state index >= 15 is 0 Å². The molecule has 2 nitrogen and oxygen atoms in total. The number of nitrogens with two attached hydrogens (primary N) is 1. The van der Waals surface area contributed by atoms with Crippen LogP contribution in [0.5, 0.6) is 0 Å². The second kappa shape index (κ2) is 4.76. The van der Waals surface area contributed by atoms with Crippen LogP contribution in [0, 0.1) is 18.3 Å². The van der Waals surface area contributed by atoms with Crippen molar-refractivity contribution in [1.82, 2.24) is 0 Å². The second-order valence-corrected chi connectivity index (χ2v) is 2.46. The molecule has 1 unspecified atom stereocenters. The highest BCUT2D eigenvalue weighted by Gasteiger charge is 2.04. The van der Waals surface area contributed by atoms with Crippen molar-refractivity contribution in [2.24, 2.45) is 5.73 Å². The van der Waals surface area contributed by atoms with Gasteiger partial charge in [-0.2, -0.15) is 5.26 Å². The number of aryl methyl sites for hydroxylation is 1. The molecule has 0 heterocycles. The molecule has 0 aliphatic heterocycles. The largest absolute Gasteiger partial charge is 0.312 e. The van der Waals surface area contributed by atoms with Crippen LogP contribution in [0.25, 0.3) is 0 Å². The normalized spacial score (nSPS) is 11.1. The van der Waals surface area contributed by atoms with E-state index in [0.29, 0.717) is 0 Å². The van der Waals surface area contributed by atoms with Gasteiger partial charge in [-0.3, -0.25) is 0 Å². The van der Waals surface area contributed by atoms with Gasteiger partial charge in [0.25, 0.3) is 0 Å². The van der Waals surface area contributed by atoms with Gasteiger partial charge in [-0.25, -0.2) is 0 Å². The third-order valence-electron chi connectivity index (χ3n) is 1.66. The van der Waals surface area contributed by atoms with Crippen LogP contribution in [0.1, 0.15) is 17.2 Å². The van der Waals surface area contributed by atoms with Crippen molar-refractivity contribution in [3.05, 3.63) is 35.4 Å². The fraction of sp³-hybridized carbons (Fsp3) is 0.222. The molecule has 0 spiro atoms. The first kappa shape index (κ1) is 11.0. The lowest BCUT2D eigenvalue weighted by Gasteiger charge is -2.05. The Morgan fingerprint density at radius 2 is 2.00 bits per heavy atom. The van der Waals surface area contributed by atoms with Gasteiger partial charge >= 0.3 is 0 Å². The molecule has 0 aromatic heterocycles. The van der Waals surface area contributed by atoms with Gasteiger partial charge in [-0.15, -0.1) is 12.4 Å². The monoisotopic (exact) mass is 182 g/mol. The molecule has 0 saturated heterocycles. The summed E-state index contributed by atoms with van der Waals surface area (Å²) in [6.45, 7) is 1.95. The van der Waals surface area contributed by atoms with Crippen molar-refractivity contribution in [3.8, 4) is 6.07 Å². The summed E-state index contributed by atoms with van der Waals surface area (Å²) < 4.78 is 0. The van der Waals surface area contributed by atoms with Gasteiger partial charge in [0.2, 0.25) is 0 Å². The van der Waals surface area contributed by atoms with E-state index in [9.17, 15) is 0 Å². The van der Waals surface area contributed by atoms with Gasteiger partial charge in [0, 0.05) is 0 Å². The lowest BCUT2D eigenvalue weighted by atomic mass is 10.0. The van der Waals surface area contributed by atoms with E-state index in [0.717, 1.165) is 11.1 Å². The summed E-state index contributed by atoms with van der Waals surface area (Å²) in [6.07, 6.45) is 0. The minimum Gasteiger partial charge on any atom is -0.312 e. The number of hydrogen-bond acceptors (Lipinski definition) is 2. The molecule has 0 radical (unpaired) electrons. The van der Waals surface area contributed by atoms with E-state index in [1.54, 1.807) is 0 Å². The summed E-state index contributed by atoms with van der Waals surface area (Å²) in [7, 11) is 0. The molecule has 64 valence electrons. The summed E-state index contributed by atoms with van der Waals surface area (Å²) in [5.41, 5.74) is 7.52. The topological polar surface area (TPSA) is 49.8 Å². The molecule has 1 rings (SSSR count). The molecule has 0 fully saturated rings. The van der Waals surface area contributed by atoms with Crippen LogP contribution in [0.2, 0.25) is 0 Å². The molecular formula is C9H11ClN2. The first-order valence-electron chi connectivity index (χ1n) is 3.46. The lowest BCUT2D eigenvalue weighted by Crippen LogP contribution is -2.08. The molecule has 0 saturated carbocycles. The van der Waals surface area contributed by atoms with E-state index in [1.165, 1.54) is 0 Å². The SMILES string of the molecule is Cc1ccccc1C(N)C#N.Cl. The minimum atomic E-state index is -0.490. The second-order valence-electron chi connectivity index (χ2n) is 2.46. The molecule has 3 heteroatoms. The first-order valence-corrected chi connectivity index (χ1v) is 3.46. The number of halogens is 1. The molecule has 0 aliphatic carbocycles. The predicted octanol–water partition coefficient (Wildman–Crippen LogP) is 1.94. The quantitative estimate of drug-likeness (QED) is 0.722. The molecule has 12 heavy (non-hydrogen) atoms. The minimum absolute atomic E-state index is 0. The van der Waals surface area contributed by atoms with E-state index < -0.39 is 6.04 Å². The van der Waals surface area contributed by atoms with Crippen LogP contribution >= 0.6 is 12.4 Å². The summed E-state index contributed by atoms with van der Waals surface area (Å²) in [6, 6.07) is 9.16. The van der Waals surface area contributed by atoms with E-state index in [-0.39, 0.29) is 12.4 Å². The number of hydrogen-bond donors (Lipinski definition) is 1. The highest BCUT2D eigenvalue weighted by atomic mass is 35.5. The van der Waals surface area contributed by atoms with Gasteiger partial charge in [0.15, 0.2) is 0 Å². The maximum absolute atomic E-state index is 8.54. The zero-order valence-corrected chi connectivity index (χ0v) is 7.64. The molecule has 0 aliphatic rings. The van der Waals surface area contributed by atoms with Crippen LogP contribution in [-0.2, 0) is 0 Å². The van der Waals surface area contributed by atoms with E-state index in [4.69, 9.17) is 11.0 Å². The first-order chi connectivity index (χ1) is 5.25. The summed E-state index contributed by atoms with van der Waals surface area (Å²) in [4.78, 5) is 0. The third kappa shape index (κ3) is 2.23. The Kier molecular flexibility index (Phi) is 4.35. The smallest absolute Gasteiger partial charge is 0.119 e. The molecule has 1 aromatic carbocycles. The highest BCUT2D eigenvalue weighted by Crippen LogP contribution is 2.13. The van der Waals surface area contributed by atoms with E-state index in [1.807, 2.05) is 37.3 Å². The lowest BCUT2D eigenvalue weighted by molar-refractivity contribution is 0.914. The van der Waals surface area contributed by atoms with E-state index in [2.05, 4.69) is 0 Å². The summed E-state index contributed by atoms with van der Waals surface area (Å²) in [5, 5.41) is 8.54. The number of benzene rings is 1. The molecule has 0 amide bonds. The van der Waals surface area contributed by atoms with Gasteiger partial charge in [-0.05, 0) is 18.1 Å². The molecule has 2 N–H and O–H groups in total. The third-order valence-corrected chi connectivity index (χ3v) is 1.66. The Morgan fingerprint density at radius 1 is 1.42 bits per heavy atom. The Balaban J connectivity index is 0.00000121. The van der Waals surface area contributed by atoms with Gasteiger partial charge < -0.3 is 5.73 Å². The van der Waals surface area contributed by atoms with Crippen molar-refractivity contribution in [1.29, 1.82) is 5.26 Å². The molecule has 1 aromatic rings. The Labute approximate surface area is 78.4 Å². The molecule has 0 bridgehead atoms. The zero-order chi connectivity index (χ0) is 8.27. The van der Waals surface area contributed by atoms with Crippen molar-refractivity contribution < 1.29 is 0 Å². The standard InChI is InChI=1S/C9H10N2.ClH/c1-7-4-2-3-5-8(7)9(11)6-10;/h2-5,9H,11H2,1H3;1H. The zero-order valence-electron chi connectivity index (χ0n) is 6.82. The number of nitrogens with zero attached hydrogens (tertiary/aromatic N) is 1. The van der Waals surface area contributed by atoms with Gasteiger partial charge in [-0.1, -0.05) is 24.3 Å².